The third-order valence-electron chi connectivity index (χ3n) is 8.29. The van der Waals surface area contributed by atoms with Gasteiger partial charge in [0.25, 0.3) is 0 Å². The van der Waals surface area contributed by atoms with Crippen molar-refractivity contribution in [1.29, 1.82) is 0 Å². The summed E-state index contributed by atoms with van der Waals surface area (Å²) >= 11 is 0. The van der Waals surface area contributed by atoms with E-state index in [1.54, 1.807) is 0 Å². The predicted octanol–water partition coefficient (Wildman–Crippen LogP) is 5.85. The van der Waals surface area contributed by atoms with E-state index in [0.717, 1.165) is 30.8 Å². The molecule has 0 radical (unpaired) electrons. The molecule has 3 heteroatoms. The van der Waals surface area contributed by atoms with Gasteiger partial charge in [-0.25, -0.2) is 0 Å². The summed E-state index contributed by atoms with van der Waals surface area (Å²) in [6.07, 6.45) is 2.40. The largest absolute Gasteiger partial charge is 0.480 e. The van der Waals surface area contributed by atoms with Gasteiger partial charge >= 0.3 is 5.97 Å². The highest BCUT2D eigenvalue weighted by Crippen LogP contribution is 2.53. The van der Waals surface area contributed by atoms with Crippen molar-refractivity contribution in [3.63, 3.8) is 0 Å². The van der Waals surface area contributed by atoms with E-state index in [-0.39, 0.29) is 5.92 Å². The third-order valence-corrected chi connectivity index (χ3v) is 8.29. The average Bonchev–Trinajstić information content (AvgIpc) is 3.11. The number of likely N-dealkylation sites (tertiary alicyclic amines) is 1. The van der Waals surface area contributed by atoms with Crippen LogP contribution in [-0.2, 0) is 16.8 Å². The molecule has 0 amide bonds. The van der Waals surface area contributed by atoms with E-state index in [9.17, 15) is 9.90 Å². The maximum Gasteiger partial charge on any atom is 0.318 e. The van der Waals surface area contributed by atoms with E-state index in [1.165, 1.54) is 18.4 Å². The number of carbonyl (C=O) groups is 1. The van der Waals surface area contributed by atoms with Crippen LogP contribution in [0.1, 0.15) is 36.5 Å². The number of fused-ring (bicyclic) bond motifs is 2. The van der Waals surface area contributed by atoms with Gasteiger partial charge in [-0.05, 0) is 53.2 Å². The van der Waals surface area contributed by atoms with Crippen molar-refractivity contribution < 1.29 is 9.90 Å². The molecule has 3 atom stereocenters. The van der Waals surface area contributed by atoms with E-state index >= 15 is 0 Å². The van der Waals surface area contributed by atoms with E-state index in [0.29, 0.717) is 17.8 Å². The molecule has 3 nitrogen and oxygen atoms in total. The maximum absolute atomic E-state index is 13.2. The topological polar surface area (TPSA) is 40.5 Å². The summed E-state index contributed by atoms with van der Waals surface area (Å²) in [5, 5.41) is 10.9. The summed E-state index contributed by atoms with van der Waals surface area (Å²) in [6, 6.07) is 30.5. The Labute approximate surface area is 197 Å². The molecule has 1 saturated carbocycles. The second-order valence-corrected chi connectivity index (χ2v) is 9.99. The van der Waals surface area contributed by atoms with Crippen LogP contribution in [0.25, 0.3) is 0 Å². The standard InChI is InChI=1S/C30H33NO2/c1-22(28-24-17-18-25(28)21-31(20-24)19-23-11-5-2-6-12-23)30(29(32)33,26-13-7-3-8-14-26)27-15-9-4-10-16-27/h2-16,22,24-25,28H,17-21H2,1H3,(H,32,33). The maximum atomic E-state index is 13.2. The molecule has 2 fully saturated rings. The Hall–Kier alpha value is -2.91. The Morgan fingerprint density at radius 1 is 0.848 bits per heavy atom. The van der Waals surface area contributed by atoms with Gasteiger partial charge in [-0.15, -0.1) is 0 Å². The molecule has 3 aromatic carbocycles. The average molecular weight is 440 g/mol. The number of carboxylic acids is 1. The monoisotopic (exact) mass is 439 g/mol. The van der Waals surface area contributed by atoms with Crippen molar-refractivity contribution in [3.05, 3.63) is 108 Å². The first-order valence-corrected chi connectivity index (χ1v) is 12.2. The fourth-order valence-corrected chi connectivity index (χ4v) is 6.97. The minimum atomic E-state index is -1.05. The zero-order valence-electron chi connectivity index (χ0n) is 19.3. The number of hydrogen-bond acceptors (Lipinski definition) is 2. The van der Waals surface area contributed by atoms with Crippen molar-refractivity contribution in [1.82, 2.24) is 4.90 Å². The molecule has 1 saturated heterocycles. The molecule has 1 aliphatic carbocycles. The van der Waals surface area contributed by atoms with Crippen LogP contribution in [0.2, 0.25) is 0 Å². The van der Waals surface area contributed by atoms with Crippen molar-refractivity contribution >= 4 is 5.97 Å². The highest BCUT2D eigenvalue weighted by Gasteiger charge is 2.55. The van der Waals surface area contributed by atoms with Gasteiger partial charge in [-0.1, -0.05) is 97.9 Å². The van der Waals surface area contributed by atoms with E-state index in [2.05, 4.69) is 42.2 Å². The van der Waals surface area contributed by atoms with Crippen molar-refractivity contribution in [2.45, 2.75) is 31.7 Å². The Morgan fingerprint density at radius 2 is 1.30 bits per heavy atom. The zero-order chi connectivity index (χ0) is 22.8. The molecular formula is C30H33NO2. The third kappa shape index (κ3) is 3.89. The number of rotatable bonds is 7. The predicted molar refractivity (Wildman–Crippen MR) is 132 cm³/mol. The van der Waals surface area contributed by atoms with Crippen LogP contribution < -0.4 is 0 Å². The molecule has 1 N–H and O–H groups in total. The second-order valence-electron chi connectivity index (χ2n) is 9.99. The molecule has 5 rings (SSSR count). The van der Waals surface area contributed by atoms with Gasteiger partial charge in [0.2, 0.25) is 0 Å². The van der Waals surface area contributed by atoms with Gasteiger partial charge in [0, 0.05) is 19.6 Å². The van der Waals surface area contributed by atoms with Crippen LogP contribution in [0.4, 0.5) is 0 Å². The highest BCUT2D eigenvalue weighted by atomic mass is 16.4. The number of benzene rings is 3. The SMILES string of the molecule is CC(C1C2CCC1CN(Cc1ccccc1)C2)C(C(=O)O)(c1ccccc1)c1ccccc1. The first-order valence-electron chi connectivity index (χ1n) is 12.2. The molecule has 0 aromatic heterocycles. The number of piperidine rings is 1. The van der Waals surface area contributed by atoms with Gasteiger partial charge in [0.15, 0.2) is 0 Å². The van der Waals surface area contributed by atoms with Gasteiger partial charge < -0.3 is 5.11 Å². The number of carboxylic acid groups (broad SMARTS) is 1. The van der Waals surface area contributed by atoms with Crippen LogP contribution in [0.5, 0.6) is 0 Å². The Kier molecular flexibility index (Phi) is 6.07. The van der Waals surface area contributed by atoms with Gasteiger partial charge in [-0.3, -0.25) is 9.69 Å². The van der Waals surface area contributed by atoms with Crippen LogP contribution in [-0.4, -0.2) is 29.1 Å². The van der Waals surface area contributed by atoms with Crippen LogP contribution in [0.3, 0.4) is 0 Å². The summed E-state index contributed by atoms with van der Waals surface area (Å²) < 4.78 is 0. The fraction of sp³-hybridized carbons (Fsp3) is 0.367. The first-order chi connectivity index (χ1) is 16.1. The molecule has 1 heterocycles. The Bertz CT molecular complexity index is 1010. The summed E-state index contributed by atoms with van der Waals surface area (Å²) in [5.41, 5.74) is 2.09. The summed E-state index contributed by atoms with van der Waals surface area (Å²) in [6.45, 7) is 5.30. The lowest BCUT2D eigenvalue weighted by Gasteiger charge is -2.47. The van der Waals surface area contributed by atoms with Crippen LogP contribution in [0, 0.1) is 23.7 Å². The van der Waals surface area contributed by atoms with Crippen molar-refractivity contribution in [2.75, 3.05) is 13.1 Å². The lowest BCUT2D eigenvalue weighted by Crippen LogP contribution is -2.52. The summed E-state index contributed by atoms with van der Waals surface area (Å²) in [5.74, 6) is 0.727. The van der Waals surface area contributed by atoms with Crippen LogP contribution in [0.15, 0.2) is 91.0 Å². The molecular weight excluding hydrogens is 406 g/mol. The van der Waals surface area contributed by atoms with Gasteiger partial charge in [-0.2, -0.15) is 0 Å². The molecule has 3 aromatic rings. The molecule has 2 aliphatic rings. The minimum absolute atomic E-state index is 0.00354. The molecule has 3 unspecified atom stereocenters. The van der Waals surface area contributed by atoms with Crippen molar-refractivity contribution in [2.24, 2.45) is 23.7 Å². The van der Waals surface area contributed by atoms with E-state index in [1.807, 2.05) is 60.7 Å². The Balaban J connectivity index is 1.49. The van der Waals surface area contributed by atoms with Crippen LogP contribution >= 0.6 is 0 Å². The molecule has 2 bridgehead atoms. The number of hydrogen-bond donors (Lipinski definition) is 1. The highest BCUT2D eigenvalue weighted by molar-refractivity contribution is 5.86. The quantitative estimate of drug-likeness (QED) is 0.502. The smallest absolute Gasteiger partial charge is 0.318 e. The number of aliphatic carboxylic acids is 1. The van der Waals surface area contributed by atoms with Gasteiger partial charge in [0.05, 0.1) is 0 Å². The normalized spacial score (nSPS) is 23.8. The molecule has 170 valence electrons. The first kappa shape index (κ1) is 21.9. The fourth-order valence-electron chi connectivity index (χ4n) is 6.97. The second kappa shape index (κ2) is 9.15. The summed E-state index contributed by atoms with van der Waals surface area (Å²) in [7, 11) is 0. The number of nitrogens with zero attached hydrogens (tertiary/aromatic N) is 1. The molecule has 33 heavy (non-hydrogen) atoms. The summed E-state index contributed by atoms with van der Waals surface area (Å²) in [4.78, 5) is 15.8. The minimum Gasteiger partial charge on any atom is -0.480 e. The lowest BCUT2D eigenvalue weighted by molar-refractivity contribution is -0.145. The van der Waals surface area contributed by atoms with Gasteiger partial charge in [0.1, 0.15) is 5.41 Å². The van der Waals surface area contributed by atoms with Crippen molar-refractivity contribution in [3.8, 4) is 0 Å². The van der Waals surface area contributed by atoms with E-state index < -0.39 is 11.4 Å². The zero-order valence-corrected chi connectivity index (χ0v) is 19.3. The Morgan fingerprint density at radius 3 is 1.76 bits per heavy atom. The lowest BCUT2D eigenvalue weighted by atomic mass is 9.58. The molecule has 0 spiro atoms. The van der Waals surface area contributed by atoms with E-state index in [4.69, 9.17) is 0 Å². The molecule has 1 aliphatic heterocycles.